The van der Waals surface area contributed by atoms with Gasteiger partial charge in [0.25, 0.3) is 0 Å². The minimum Gasteiger partial charge on any atom is -0.419 e. The number of nitrogens with zero attached hydrogens (tertiary/aromatic N) is 3. The van der Waals surface area contributed by atoms with E-state index in [0.717, 1.165) is 11.1 Å². The zero-order valence-corrected chi connectivity index (χ0v) is 18.2. The van der Waals surface area contributed by atoms with Crippen LogP contribution < -0.4 is 10.6 Å². The molecular weight excluding hydrogens is 394 g/mol. The summed E-state index contributed by atoms with van der Waals surface area (Å²) in [5.41, 5.74) is 3.31. The largest absolute Gasteiger partial charge is 0.419 e. The van der Waals surface area contributed by atoms with Gasteiger partial charge in [-0.2, -0.15) is 0 Å². The minimum atomic E-state index is -0.219. The van der Waals surface area contributed by atoms with E-state index in [0.29, 0.717) is 29.7 Å². The Morgan fingerprint density at radius 3 is 2.35 bits per heavy atom. The number of hydrogen-bond acceptors (Lipinski definition) is 6. The normalized spacial score (nSPS) is 11.9. The molecule has 8 heteroatoms. The number of anilines is 2. The predicted molar refractivity (Wildman–Crippen MR) is 120 cm³/mol. The van der Waals surface area contributed by atoms with Crippen molar-refractivity contribution in [2.24, 2.45) is 0 Å². The van der Waals surface area contributed by atoms with Gasteiger partial charge in [-0.25, -0.2) is 0 Å². The molecule has 0 saturated heterocycles. The molecule has 1 aromatic heterocycles. The van der Waals surface area contributed by atoms with E-state index in [9.17, 15) is 9.59 Å². The molecule has 0 aliphatic heterocycles. The lowest BCUT2D eigenvalue weighted by Gasteiger charge is -2.24. The summed E-state index contributed by atoms with van der Waals surface area (Å²) in [4.78, 5) is 25.6. The molecular formula is C23H27N5O3. The van der Waals surface area contributed by atoms with E-state index in [1.54, 1.807) is 24.3 Å². The predicted octanol–water partition coefficient (Wildman–Crippen LogP) is 4.03. The number of rotatable bonds is 8. The van der Waals surface area contributed by atoms with E-state index in [1.165, 1.54) is 6.92 Å². The molecule has 0 spiro atoms. The molecule has 162 valence electrons. The van der Waals surface area contributed by atoms with Crippen LogP contribution in [0.2, 0.25) is 0 Å². The molecule has 2 aromatic carbocycles. The molecule has 0 saturated carbocycles. The van der Waals surface area contributed by atoms with Crippen LogP contribution in [0.15, 0.2) is 52.9 Å². The van der Waals surface area contributed by atoms with Crippen molar-refractivity contribution in [2.45, 2.75) is 33.7 Å². The number of aromatic nitrogens is 2. The Morgan fingerprint density at radius 1 is 1.06 bits per heavy atom. The second kappa shape index (κ2) is 9.99. The smallest absolute Gasteiger partial charge is 0.247 e. The maximum absolute atomic E-state index is 12.6. The van der Waals surface area contributed by atoms with E-state index >= 15 is 0 Å². The summed E-state index contributed by atoms with van der Waals surface area (Å²) < 4.78 is 5.88. The molecule has 0 aliphatic carbocycles. The van der Waals surface area contributed by atoms with Gasteiger partial charge in [0.15, 0.2) is 0 Å². The molecule has 1 heterocycles. The van der Waals surface area contributed by atoms with Crippen molar-refractivity contribution in [1.29, 1.82) is 0 Å². The summed E-state index contributed by atoms with van der Waals surface area (Å²) >= 11 is 0. The number of carbonyl (C=O) groups excluding carboxylic acids is 2. The Hall–Kier alpha value is -3.52. The summed E-state index contributed by atoms with van der Waals surface area (Å²) in [6.07, 6.45) is 0. The number of likely N-dealkylation sites (N-methyl/N-ethyl adjacent to an activating group) is 1. The molecule has 31 heavy (non-hydrogen) atoms. The van der Waals surface area contributed by atoms with Crippen molar-refractivity contribution in [3.05, 3.63) is 60.0 Å². The fraction of sp³-hybridized carbons (Fsp3) is 0.304. The third-order valence-corrected chi connectivity index (χ3v) is 4.85. The van der Waals surface area contributed by atoms with Crippen molar-refractivity contribution in [3.63, 3.8) is 0 Å². The van der Waals surface area contributed by atoms with E-state index in [-0.39, 0.29) is 24.4 Å². The van der Waals surface area contributed by atoms with Gasteiger partial charge < -0.3 is 15.1 Å². The first-order valence-corrected chi connectivity index (χ1v) is 10.2. The summed E-state index contributed by atoms with van der Waals surface area (Å²) in [6, 6.07) is 14.6. The molecule has 0 bridgehead atoms. The highest BCUT2D eigenvalue weighted by Gasteiger charge is 2.23. The topological polar surface area (TPSA) is 100 Å². The van der Waals surface area contributed by atoms with Crippen LogP contribution >= 0.6 is 0 Å². The van der Waals surface area contributed by atoms with Gasteiger partial charge in [-0.05, 0) is 56.8 Å². The number of amides is 2. The Kier molecular flexibility index (Phi) is 7.15. The van der Waals surface area contributed by atoms with Crippen LogP contribution in [0.5, 0.6) is 0 Å². The quantitative estimate of drug-likeness (QED) is 0.570. The molecule has 0 unspecified atom stereocenters. The molecule has 3 rings (SSSR count). The number of aryl methyl sites for hydroxylation is 1. The van der Waals surface area contributed by atoms with E-state index in [2.05, 4.69) is 20.8 Å². The summed E-state index contributed by atoms with van der Waals surface area (Å²) in [6.45, 7) is 8.18. The number of hydrogen-bond donors (Lipinski definition) is 2. The van der Waals surface area contributed by atoms with Crippen LogP contribution in [0.25, 0.3) is 11.5 Å². The van der Waals surface area contributed by atoms with Gasteiger partial charge in [-0.15, -0.1) is 10.2 Å². The van der Waals surface area contributed by atoms with Crippen molar-refractivity contribution in [2.75, 3.05) is 23.7 Å². The van der Waals surface area contributed by atoms with Gasteiger partial charge >= 0.3 is 0 Å². The average molecular weight is 422 g/mol. The Balaban J connectivity index is 1.62. The molecule has 2 N–H and O–H groups in total. The molecule has 0 aliphatic rings. The molecule has 0 radical (unpaired) electrons. The summed E-state index contributed by atoms with van der Waals surface area (Å²) in [5.74, 6) is 0.631. The van der Waals surface area contributed by atoms with Gasteiger partial charge in [-0.3, -0.25) is 14.5 Å². The zero-order chi connectivity index (χ0) is 22.4. The fourth-order valence-electron chi connectivity index (χ4n) is 3.20. The highest BCUT2D eigenvalue weighted by atomic mass is 16.4. The van der Waals surface area contributed by atoms with Crippen LogP contribution in [-0.4, -0.2) is 40.0 Å². The third kappa shape index (κ3) is 5.99. The van der Waals surface area contributed by atoms with Gasteiger partial charge in [0.2, 0.25) is 23.6 Å². The average Bonchev–Trinajstić information content (AvgIpc) is 3.23. The van der Waals surface area contributed by atoms with Crippen LogP contribution in [0, 0.1) is 6.92 Å². The lowest BCUT2D eigenvalue weighted by atomic mass is 10.1. The lowest BCUT2D eigenvalue weighted by Crippen LogP contribution is -2.35. The molecule has 3 aromatic rings. The Morgan fingerprint density at radius 2 is 1.74 bits per heavy atom. The van der Waals surface area contributed by atoms with Crippen LogP contribution in [0.4, 0.5) is 11.4 Å². The molecule has 0 fully saturated rings. The lowest BCUT2D eigenvalue weighted by molar-refractivity contribution is -0.118. The Labute approximate surface area is 181 Å². The first kappa shape index (κ1) is 22.2. The van der Waals surface area contributed by atoms with Crippen LogP contribution in [-0.2, 0) is 9.59 Å². The highest BCUT2D eigenvalue weighted by Crippen LogP contribution is 2.24. The standard InChI is InChI=1S/C23H27N5O3/c1-5-28(14-21(30)25-20-11-9-19(10-12-20)24-17(4)29)16(3)22-26-27-23(31-22)18-8-6-7-15(2)13-18/h6-13,16H,5,14H2,1-4H3,(H,24,29)(H,25,30)/t16-/m1/s1. The van der Waals surface area contributed by atoms with Gasteiger partial charge in [0.05, 0.1) is 12.6 Å². The van der Waals surface area contributed by atoms with Crippen LogP contribution in [0.1, 0.15) is 38.3 Å². The highest BCUT2D eigenvalue weighted by molar-refractivity contribution is 5.93. The van der Waals surface area contributed by atoms with Gasteiger partial charge in [0, 0.05) is 23.9 Å². The maximum Gasteiger partial charge on any atom is 0.247 e. The number of benzene rings is 2. The first-order valence-electron chi connectivity index (χ1n) is 10.2. The van der Waals surface area contributed by atoms with Crippen molar-refractivity contribution < 1.29 is 14.0 Å². The Bertz CT molecular complexity index is 1050. The first-order chi connectivity index (χ1) is 14.9. The fourth-order valence-corrected chi connectivity index (χ4v) is 3.20. The monoisotopic (exact) mass is 421 g/mol. The van der Waals surface area contributed by atoms with E-state index < -0.39 is 0 Å². The maximum atomic E-state index is 12.6. The summed E-state index contributed by atoms with van der Waals surface area (Å²) in [7, 11) is 0. The second-order valence-electron chi connectivity index (χ2n) is 7.36. The van der Waals surface area contributed by atoms with Crippen LogP contribution in [0.3, 0.4) is 0 Å². The SMILES string of the molecule is CCN(CC(=O)Nc1ccc(NC(C)=O)cc1)[C@H](C)c1nnc(-c2cccc(C)c2)o1. The summed E-state index contributed by atoms with van der Waals surface area (Å²) in [5, 5.41) is 13.9. The minimum absolute atomic E-state index is 0.143. The van der Waals surface area contributed by atoms with Crippen molar-refractivity contribution >= 4 is 23.2 Å². The van der Waals surface area contributed by atoms with Gasteiger partial charge in [0.1, 0.15) is 0 Å². The number of carbonyl (C=O) groups is 2. The van der Waals surface area contributed by atoms with Crippen molar-refractivity contribution in [1.82, 2.24) is 15.1 Å². The second-order valence-corrected chi connectivity index (χ2v) is 7.36. The van der Waals surface area contributed by atoms with E-state index in [4.69, 9.17) is 4.42 Å². The van der Waals surface area contributed by atoms with Crippen molar-refractivity contribution in [3.8, 4) is 11.5 Å². The zero-order valence-electron chi connectivity index (χ0n) is 18.2. The van der Waals surface area contributed by atoms with Gasteiger partial charge in [-0.1, -0.05) is 24.6 Å². The third-order valence-electron chi connectivity index (χ3n) is 4.85. The van der Waals surface area contributed by atoms with E-state index in [1.807, 2.05) is 49.9 Å². The molecule has 8 nitrogen and oxygen atoms in total. The molecule has 2 amide bonds. The number of nitrogens with one attached hydrogen (secondary N) is 2. The molecule has 1 atom stereocenters.